The predicted octanol–water partition coefficient (Wildman–Crippen LogP) is 6.31. The minimum atomic E-state index is -2.62. The van der Waals surface area contributed by atoms with E-state index in [1.165, 1.54) is 18.4 Å². The highest BCUT2D eigenvalue weighted by molar-refractivity contribution is 7.99. The molecule has 2 N–H and O–H groups in total. The molecule has 192 valence electrons. The lowest BCUT2D eigenvalue weighted by Gasteiger charge is -2.32. The number of aliphatic hydroxyl groups is 1. The van der Waals surface area contributed by atoms with Crippen LogP contribution < -0.4 is 10.2 Å². The fraction of sp³-hybridized carbons (Fsp3) is 0.500. The number of pyridine rings is 1. The first kappa shape index (κ1) is 25.2. The van der Waals surface area contributed by atoms with Crippen LogP contribution in [-0.2, 0) is 0 Å². The maximum Gasteiger partial charge on any atom is 0.256 e. The van der Waals surface area contributed by atoms with Crippen molar-refractivity contribution in [2.24, 2.45) is 5.41 Å². The molecular weight excluding hydrogens is 480 g/mol. The largest absolute Gasteiger partial charge is 0.396 e. The molecule has 36 heavy (non-hydrogen) atoms. The number of carbonyl (C=O) groups excluding carboxylic acids is 1. The van der Waals surface area contributed by atoms with Gasteiger partial charge in [-0.25, -0.2) is 13.8 Å². The Morgan fingerprint density at radius 2 is 1.92 bits per heavy atom. The van der Waals surface area contributed by atoms with Crippen molar-refractivity contribution in [3.8, 4) is 0 Å². The third-order valence-electron chi connectivity index (χ3n) is 7.62. The SMILES string of the molecule is Cc1cc(NC(=O)c2ccc(SCCO)cc2C2=CCC3(CC2)CC3)cc(N2CCC(F)(F)CC2)n1. The van der Waals surface area contributed by atoms with Crippen molar-refractivity contribution in [1.82, 2.24) is 4.98 Å². The minimum Gasteiger partial charge on any atom is -0.396 e. The summed E-state index contributed by atoms with van der Waals surface area (Å²) in [6, 6.07) is 9.46. The number of carbonyl (C=O) groups is 1. The van der Waals surface area contributed by atoms with Crippen molar-refractivity contribution in [1.29, 1.82) is 0 Å². The number of rotatable bonds is 7. The van der Waals surface area contributed by atoms with E-state index in [0.29, 0.717) is 28.2 Å². The van der Waals surface area contributed by atoms with Crippen LogP contribution >= 0.6 is 11.8 Å². The zero-order chi connectivity index (χ0) is 25.3. The molecule has 1 aromatic heterocycles. The van der Waals surface area contributed by atoms with Crippen LogP contribution in [0.3, 0.4) is 0 Å². The third-order valence-corrected chi connectivity index (χ3v) is 8.60. The van der Waals surface area contributed by atoms with E-state index in [4.69, 9.17) is 0 Å². The second-order valence-electron chi connectivity index (χ2n) is 10.4. The van der Waals surface area contributed by atoms with Gasteiger partial charge < -0.3 is 15.3 Å². The van der Waals surface area contributed by atoms with Gasteiger partial charge in [-0.15, -0.1) is 11.8 Å². The maximum atomic E-state index is 13.6. The summed E-state index contributed by atoms with van der Waals surface area (Å²) >= 11 is 1.58. The van der Waals surface area contributed by atoms with Crippen molar-refractivity contribution in [3.63, 3.8) is 0 Å². The summed E-state index contributed by atoms with van der Waals surface area (Å²) in [5.41, 5.74) is 4.62. The van der Waals surface area contributed by atoms with E-state index in [9.17, 15) is 18.7 Å². The Hall–Kier alpha value is -2.45. The summed E-state index contributed by atoms with van der Waals surface area (Å²) in [4.78, 5) is 20.9. The molecule has 2 fully saturated rings. The summed E-state index contributed by atoms with van der Waals surface area (Å²) in [6.07, 6.45) is 7.73. The Morgan fingerprint density at radius 1 is 1.14 bits per heavy atom. The van der Waals surface area contributed by atoms with Gasteiger partial charge in [0.25, 0.3) is 11.8 Å². The summed E-state index contributed by atoms with van der Waals surface area (Å²) < 4.78 is 27.2. The van der Waals surface area contributed by atoms with Gasteiger partial charge in [0.1, 0.15) is 5.82 Å². The molecule has 1 amide bonds. The first-order valence-corrected chi connectivity index (χ1v) is 13.7. The first-order valence-electron chi connectivity index (χ1n) is 12.8. The molecule has 0 atom stereocenters. The number of aliphatic hydroxyl groups excluding tert-OH is 1. The van der Waals surface area contributed by atoms with E-state index < -0.39 is 5.92 Å². The summed E-state index contributed by atoms with van der Waals surface area (Å²) in [6.45, 7) is 2.43. The van der Waals surface area contributed by atoms with E-state index in [0.717, 1.165) is 35.4 Å². The number of alkyl halides is 2. The lowest BCUT2D eigenvalue weighted by Crippen LogP contribution is -2.39. The number of hydrogen-bond donors (Lipinski definition) is 2. The molecule has 3 aliphatic rings. The number of thioether (sulfide) groups is 1. The second kappa shape index (κ2) is 10.1. The molecule has 0 bridgehead atoms. The standard InChI is InChI=1S/C28H33F2N3O2S/c1-19-16-21(17-25(31-19)33-12-10-28(29,30)11-13-33)32-26(35)23-3-2-22(36-15-14-34)18-24(23)20-4-6-27(7-5-20)8-9-27/h2-4,16-18,34H,5-15H2,1H3,(H,31,32,35). The highest BCUT2D eigenvalue weighted by atomic mass is 32.2. The van der Waals surface area contributed by atoms with Gasteiger partial charge in [-0.05, 0) is 79.8 Å². The Labute approximate surface area is 215 Å². The molecule has 1 aliphatic heterocycles. The van der Waals surface area contributed by atoms with Crippen LogP contribution in [0.1, 0.15) is 66.6 Å². The molecule has 1 aromatic carbocycles. The number of halogens is 2. The van der Waals surface area contributed by atoms with E-state index in [1.807, 2.05) is 30.0 Å². The van der Waals surface area contributed by atoms with Crippen LogP contribution in [0, 0.1) is 12.3 Å². The van der Waals surface area contributed by atoms with Gasteiger partial charge in [-0.1, -0.05) is 6.08 Å². The number of aromatic nitrogens is 1. The van der Waals surface area contributed by atoms with Gasteiger partial charge >= 0.3 is 0 Å². The van der Waals surface area contributed by atoms with E-state index in [-0.39, 0.29) is 38.4 Å². The van der Waals surface area contributed by atoms with Crippen LogP contribution in [0.2, 0.25) is 0 Å². The average molecular weight is 514 g/mol. The van der Waals surface area contributed by atoms with Crippen molar-refractivity contribution >= 4 is 34.7 Å². The molecule has 1 saturated carbocycles. The molecule has 1 spiro atoms. The molecule has 5 rings (SSSR count). The van der Waals surface area contributed by atoms with Gasteiger partial charge in [0.2, 0.25) is 0 Å². The lowest BCUT2D eigenvalue weighted by atomic mass is 9.83. The lowest BCUT2D eigenvalue weighted by molar-refractivity contribution is -0.0221. The number of hydrogen-bond acceptors (Lipinski definition) is 5. The molecule has 1 saturated heterocycles. The van der Waals surface area contributed by atoms with Gasteiger partial charge in [0, 0.05) is 59.6 Å². The van der Waals surface area contributed by atoms with Gasteiger partial charge in [-0.2, -0.15) is 0 Å². The Morgan fingerprint density at radius 3 is 2.58 bits per heavy atom. The van der Waals surface area contributed by atoms with E-state index >= 15 is 0 Å². The number of amides is 1. The quantitative estimate of drug-likeness (QED) is 0.425. The van der Waals surface area contributed by atoms with Crippen molar-refractivity contribution in [2.45, 2.75) is 62.7 Å². The predicted molar refractivity (Wildman–Crippen MR) is 141 cm³/mol. The highest BCUT2D eigenvalue weighted by Gasteiger charge is 2.43. The van der Waals surface area contributed by atoms with Crippen LogP contribution in [-0.4, -0.2) is 47.4 Å². The van der Waals surface area contributed by atoms with Crippen LogP contribution in [0.15, 0.2) is 41.3 Å². The smallest absolute Gasteiger partial charge is 0.256 e. The Balaban J connectivity index is 1.38. The number of allylic oxidation sites excluding steroid dienone is 2. The molecule has 0 unspecified atom stereocenters. The molecule has 0 radical (unpaired) electrons. The van der Waals surface area contributed by atoms with Crippen molar-refractivity contribution < 1.29 is 18.7 Å². The molecule has 2 aliphatic carbocycles. The second-order valence-corrected chi connectivity index (χ2v) is 11.5. The van der Waals surface area contributed by atoms with Crippen LogP contribution in [0.25, 0.3) is 5.57 Å². The molecule has 8 heteroatoms. The number of nitrogens with one attached hydrogen (secondary N) is 1. The highest BCUT2D eigenvalue weighted by Crippen LogP contribution is 2.56. The number of piperidine rings is 1. The zero-order valence-corrected chi connectivity index (χ0v) is 21.5. The van der Waals surface area contributed by atoms with Crippen molar-refractivity contribution in [2.75, 3.05) is 35.7 Å². The fourth-order valence-corrected chi connectivity index (χ4v) is 5.90. The van der Waals surface area contributed by atoms with Crippen LogP contribution in [0.5, 0.6) is 0 Å². The summed E-state index contributed by atoms with van der Waals surface area (Å²) in [5, 5.41) is 12.3. The number of aryl methyl sites for hydroxylation is 1. The first-order chi connectivity index (χ1) is 17.3. The molecular formula is C28H33F2N3O2S. The van der Waals surface area contributed by atoms with Gasteiger partial charge in [0.15, 0.2) is 0 Å². The molecule has 2 aromatic rings. The monoisotopic (exact) mass is 513 g/mol. The molecule has 2 heterocycles. The topological polar surface area (TPSA) is 65.5 Å². The normalized spacial score (nSPS) is 20.2. The van der Waals surface area contributed by atoms with Gasteiger partial charge in [-0.3, -0.25) is 4.79 Å². The van der Waals surface area contributed by atoms with Gasteiger partial charge in [0.05, 0.1) is 6.61 Å². The summed E-state index contributed by atoms with van der Waals surface area (Å²) in [5.74, 6) is -1.60. The Bertz CT molecular complexity index is 1170. The summed E-state index contributed by atoms with van der Waals surface area (Å²) in [7, 11) is 0. The number of nitrogens with zero attached hydrogens (tertiary/aromatic N) is 2. The minimum absolute atomic E-state index is 0.103. The van der Waals surface area contributed by atoms with E-state index in [2.05, 4.69) is 22.4 Å². The molecule has 5 nitrogen and oxygen atoms in total. The average Bonchev–Trinajstić information content (AvgIpc) is 3.61. The fourth-order valence-electron chi connectivity index (χ4n) is 5.21. The maximum absolute atomic E-state index is 13.6. The number of anilines is 2. The third kappa shape index (κ3) is 5.75. The van der Waals surface area contributed by atoms with Crippen molar-refractivity contribution in [3.05, 3.63) is 53.2 Å². The zero-order valence-electron chi connectivity index (χ0n) is 20.7. The van der Waals surface area contributed by atoms with Crippen LogP contribution in [0.4, 0.5) is 20.3 Å². The number of benzene rings is 1. The van der Waals surface area contributed by atoms with E-state index in [1.54, 1.807) is 17.8 Å². The Kier molecular flexibility index (Phi) is 7.10.